The summed E-state index contributed by atoms with van der Waals surface area (Å²) in [6, 6.07) is 8.10. The fraction of sp³-hybridized carbons (Fsp3) is 0.231. The Morgan fingerprint density at radius 3 is 2.59 bits per heavy atom. The molecule has 2 nitrogen and oxygen atoms in total. The summed E-state index contributed by atoms with van der Waals surface area (Å²) in [4.78, 5) is 0. The second-order valence-corrected chi connectivity index (χ2v) is 4.54. The van der Waals surface area contributed by atoms with Crippen molar-refractivity contribution in [1.82, 2.24) is 0 Å². The summed E-state index contributed by atoms with van der Waals surface area (Å²) >= 11 is 1.66. The van der Waals surface area contributed by atoms with Gasteiger partial charge >= 0.3 is 0 Å². The molecule has 1 atom stereocenters. The highest BCUT2D eigenvalue weighted by Crippen LogP contribution is 2.26. The summed E-state index contributed by atoms with van der Waals surface area (Å²) in [5.41, 5.74) is 9.55. The summed E-state index contributed by atoms with van der Waals surface area (Å²) < 4.78 is 5.30. The molecule has 0 saturated carbocycles. The van der Waals surface area contributed by atoms with Gasteiger partial charge in [0.15, 0.2) is 0 Å². The van der Waals surface area contributed by atoms with Gasteiger partial charge in [0.2, 0.25) is 0 Å². The van der Waals surface area contributed by atoms with E-state index < -0.39 is 0 Å². The fourth-order valence-electron chi connectivity index (χ4n) is 1.67. The molecule has 0 aliphatic rings. The molecule has 1 heterocycles. The van der Waals surface area contributed by atoms with Crippen molar-refractivity contribution >= 4 is 23.7 Å². The van der Waals surface area contributed by atoms with E-state index in [1.165, 1.54) is 0 Å². The minimum atomic E-state index is -0.0688. The van der Waals surface area contributed by atoms with Gasteiger partial charge in [0.1, 0.15) is 5.75 Å². The first-order valence-electron chi connectivity index (χ1n) is 5.14. The number of benzene rings is 1. The zero-order chi connectivity index (χ0) is 11.5. The molecule has 2 N–H and O–H groups in total. The molecule has 17 heavy (non-hydrogen) atoms. The third kappa shape index (κ3) is 3.00. The Kier molecular flexibility index (Phi) is 5.00. The molecule has 0 spiro atoms. The van der Waals surface area contributed by atoms with Crippen molar-refractivity contribution in [3.63, 3.8) is 0 Å². The number of hydrogen-bond donors (Lipinski definition) is 1. The standard InChI is InChI=1S/C13H15NOS.ClH/c1-9-3-4-10(7-12(9)15-2)13(14)11-5-6-16-8-11;/h3-8,13H,14H2,1-2H3;1H/t13-;/m1./s1. The van der Waals surface area contributed by atoms with Gasteiger partial charge in [0, 0.05) is 0 Å². The van der Waals surface area contributed by atoms with Crippen LogP contribution in [-0.4, -0.2) is 7.11 Å². The van der Waals surface area contributed by atoms with Crippen molar-refractivity contribution in [2.45, 2.75) is 13.0 Å². The highest BCUT2D eigenvalue weighted by atomic mass is 35.5. The minimum absolute atomic E-state index is 0. The van der Waals surface area contributed by atoms with E-state index in [-0.39, 0.29) is 18.4 Å². The normalized spacial score (nSPS) is 11.7. The molecule has 0 radical (unpaired) electrons. The molecule has 1 aromatic carbocycles. The summed E-state index contributed by atoms with van der Waals surface area (Å²) in [6.07, 6.45) is 0. The Morgan fingerprint density at radius 2 is 2.00 bits per heavy atom. The van der Waals surface area contributed by atoms with E-state index in [1.54, 1.807) is 18.4 Å². The molecule has 4 heteroatoms. The minimum Gasteiger partial charge on any atom is -0.496 e. The van der Waals surface area contributed by atoms with Crippen LogP contribution < -0.4 is 10.5 Å². The van der Waals surface area contributed by atoms with Crippen LogP contribution in [0.5, 0.6) is 5.75 Å². The molecule has 0 unspecified atom stereocenters. The van der Waals surface area contributed by atoms with Crippen molar-refractivity contribution in [3.8, 4) is 5.75 Å². The molecule has 2 aromatic rings. The van der Waals surface area contributed by atoms with E-state index >= 15 is 0 Å². The zero-order valence-electron chi connectivity index (χ0n) is 9.84. The average molecular weight is 270 g/mol. The SMILES string of the molecule is COc1cc([C@@H](N)c2ccsc2)ccc1C.Cl. The largest absolute Gasteiger partial charge is 0.496 e. The van der Waals surface area contributed by atoms with Crippen molar-refractivity contribution in [3.05, 3.63) is 51.7 Å². The third-order valence-corrected chi connectivity index (χ3v) is 3.39. The Morgan fingerprint density at radius 1 is 1.24 bits per heavy atom. The van der Waals surface area contributed by atoms with Gasteiger partial charge in [0.05, 0.1) is 13.2 Å². The number of ether oxygens (including phenoxy) is 1. The molecule has 0 fully saturated rings. The summed E-state index contributed by atoms with van der Waals surface area (Å²) in [5.74, 6) is 0.892. The Balaban J connectivity index is 0.00000144. The van der Waals surface area contributed by atoms with Crippen molar-refractivity contribution in [1.29, 1.82) is 0 Å². The lowest BCUT2D eigenvalue weighted by atomic mass is 10.0. The second-order valence-electron chi connectivity index (χ2n) is 3.76. The summed E-state index contributed by atoms with van der Waals surface area (Å²) in [7, 11) is 1.68. The first-order valence-corrected chi connectivity index (χ1v) is 6.09. The number of nitrogens with two attached hydrogens (primary N) is 1. The van der Waals surface area contributed by atoms with Crippen LogP contribution >= 0.6 is 23.7 Å². The van der Waals surface area contributed by atoms with E-state index in [0.29, 0.717) is 0 Å². The lowest BCUT2D eigenvalue weighted by Crippen LogP contribution is -2.11. The van der Waals surface area contributed by atoms with Crippen LogP contribution in [0.3, 0.4) is 0 Å². The van der Waals surface area contributed by atoms with E-state index in [2.05, 4.69) is 17.5 Å². The highest BCUT2D eigenvalue weighted by molar-refractivity contribution is 7.08. The van der Waals surface area contributed by atoms with Gasteiger partial charge in [-0.15, -0.1) is 12.4 Å². The van der Waals surface area contributed by atoms with E-state index in [1.807, 2.05) is 24.4 Å². The molecule has 0 aliphatic heterocycles. The number of rotatable bonds is 3. The predicted octanol–water partition coefficient (Wildman–Crippen LogP) is 3.54. The predicted molar refractivity (Wildman–Crippen MR) is 75.3 cm³/mol. The Labute approximate surface area is 112 Å². The van der Waals surface area contributed by atoms with Crippen molar-refractivity contribution in [2.75, 3.05) is 7.11 Å². The summed E-state index contributed by atoms with van der Waals surface area (Å²) in [6.45, 7) is 2.03. The van der Waals surface area contributed by atoms with E-state index in [4.69, 9.17) is 10.5 Å². The molecular weight excluding hydrogens is 254 g/mol. The molecular formula is C13H16ClNOS. The summed E-state index contributed by atoms with van der Waals surface area (Å²) in [5, 5.41) is 4.12. The molecule has 92 valence electrons. The van der Waals surface area contributed by atoms with Gasteiger partial charge in [-0.3, -0.25) is 0 Å². The monoisotopic (exact) mass is 269 g/mol. The number of aryl methyl sites for hydroxylation is 1. The highest BCUT2D eigenvalue weighted by Gasteiger charge is 2.10. The topological polar surface area (TPSA) is 35.2 Å². The van der Waals surface area contributed by atoms with Gasteiger partial charge < -0.3 is 10.5 Å². The maximum absolute atomic E-state index is 6.19. The number of halogens is 1. The molecule has 0 amide bonds. The molecule has 1 aromatic heterocycles. The van der Waals surface area contributed by atoms with Crippen LogP contribution in [-0.2, 0) is 0 Å². The lowest BCUT2D eigenvalue weighted by molar-refractivity contribution is 0.411. The number of methoxy groups -OCH3 is 1. The number of hydrogen-bond acceptors (Lipinski definition) is 3. The van der Waals surface area contributed by atoms with Crippen LogP contribution in [0, 0.1) is 6.92 Å². The van der Waals surface area contributed by atoms with Gasteiger partial charge in [-0.1, -0.05) is 12.1 Å². The van der Waals surface area contributed by atoms with E-state index in [9.17, 15) is 0 Å². The van der Waals surface area contributed by atoms with Crippen LogP contribution in [0.15, 0.2) is 35.0 Å². The fourth-order valence-corrected chi connectivity index (χ4v) is 2.37. The van der Waals surface area contributed by atoms with Gasteiger partial charge in [-0.25, -0.2) is 0 Å². The second kappa shape index (κ2) is 6.05. The smallest absolute Gasteiger partial charge is 0.122 e. The first-order chi connectivity index (χ1) is 7.72. The molecule has 0 aliphatic carbocycles. The maximum atomic E-state index is 6.19. The van der Waals surface area contributed by atoms with Gasteiger partial charge in [-0.2, -0.15) is 11.3 Å². The van der Waals surface area contributed by atoms with Crippen molar-refractivity contribution in [2.24, 2.45) is 5.73 Å². The Bertz CT molecular complexity index is 470. The average Bonchev–Trinajstić information content (AvgIpc) is 2.82. The quantitative estimate of drug-likeness (QED) is 0.925. The molecule has 0 bridgehead atoms. The van der Waals surface area contributed by atoms with Gasteiger partial charge in [-0.05, 0) is 46.5 Å². The van der Waals surface area contributed by atoms with Crippen LogP contribution in [0.2, 0.25) is 0 Å². The molecule has 0 saturated heterocycles. The van der Waals surface area contributed by atoms with Gasteiger partial charge in [0.25, 0.3) is 0 Å². The first kappa shape index (κ1) is 14.0. The van der Waals surface area contributed by atoms with Crippen molar-refractivity contribution < 1.29 is 4.74 Å². The number of thiophene rings is 1. The zero-order valence-corrected chi connectivity index (χ0v) is 11.5. The van der Waals surface area contributed by atoms with Crippen LogP contribution in [0.1, 0.15) is 22.7 Å². The van der Waals surface area contributed by atoms with E-state index in [0.717, 1.165) is 22.4 Å². The van der Waals surface area contributed by atoms with Crippen LogP contribution in [0.25, 0.3) is 0 Å². The lowest BCUT2D eigenvalue weighted by Gasteiger charge is -2.13. The van der Waals surface area contributed by atoms with Crippen LogP contribution in [0.4, 0.5) is 0 Å². The molecule has 2 rings (SSSR count). The maximum Gasteiger partial charge on any atom is 0.122 e. The Hall–Kier alpha value is -1.03. The third-order valence-electron chi connectivity index (χ3n) is 2.69.